The number of rotatable bonds is 4. The molecule has 2 aliphatic heterocycles. The Bertz CT molecular complexity index is 899. The molecule has 2 unspecified atom stereocenters. The summed E-state index contributed by atoms with van der Waals surface area (Å²) in [5, 5.41) is 0. The predicted octanol–water partition coefficient (Wildman–Crippen LogP) is 4.51. The Morgan fingerprint density at radius 2 is 1.86 bits per heavy atom. The number of amides is 1. The number of hydrogen-bond donors (Lipinski definition) is 0. The molecule has 0 spiro atoms. The Balaban J connectivity index is 1.53. The number of morpholine rings is 1. The Morgan fingerprint density at radius 1 is 1.14 bits per heavy atom. The van der Waals surface area contributed by atoms with Gasteiger partial charge in [-0.2, -0.15) is 0 Å². The third-order valence-corrected chi connectivity index (χ3v) is 5.65. The minimum atomic E-state index is -0.274. The smallest absolute Gasteiger partial charge is 0.411 e. The summed E-state index contributed by atoms with van der Waals surface area (Å²) in [5.41, 5.74) is 5.67. The Labute approximate surface area is 171 Å². The summed E-state index contributed by atoms with van der Waals surface area (Å²) in [6, 6.07) is 14.0. The molecule has 5 nitrogen and oxygen atoms in total. The van der Waals surface area contributed by atoms with Crippen molar-refractivity contribution < 1.29 is 19.0 Å². The van der Waals surface area contributed by atoms with E-state index in [4.69, 9.17) is 14.2 Å². The highest BCUT2D eigenvalue weighted by atomic mass is 16.6. The molecule has 2 aliphatic rings. The van der Waals surface area contributed by atoms with Crippen molar-refractivity contribution in [3.8, 4) is 5.75 Å². The van der Waals surface area contributed by atoms with Crippen LogP contribution in [-0.4, -0.2) is 43.4 Å². The summed E-state index contributed by atoms with van der Waals surface area (Å²) in [7, 11) is 1.70. The van der Waals surface area contributed by atoms with Crippen molar-refractivity contribution in [1.29, 1.82) is 0 Å². The summed E-state index contributed by atoms with van der Waals surface area (Å²) >= 11 is 0. The lowest BCUT2D eigenvalue weighted by molar-refractivity contribution is -0.0342. The summed E-state index contributed by atoms with van der Waals surface area (Å²) in [5.74, 6) is 0.930. The number of carbonyl (C=O) groups excluding carboxylic acids is 1. The van der Waals surface area contributed by atoms with Crippen LogP contribution >= 0.6 is 0 Å². The maximum atomic E-state index is 12.8. The number of benzene rings is 2. The van der Waals surface area contributed by atoms with Crippen molar-refractivity contribution in [2.24, 2.45) is 0 Å². The fraction of sp³-hybridized carbons (Fsp3) is 0.375. The molecule has 0 aromatic heterocycles. The van der Waals surface area contributed by atoms with E-state index in [1.165, 1.54) is 11.1 Å². The molecule has 1 saturated heterocycles. The highest BCUT2D eigenvalue weighted by Gasteiger charge is 2.39. The maximum Gasteiger partial charge on any atom is 0.411 e. The Hall–Kier alpha value is -2.79. The average molecular weight is 393 g/mol. The van der Waals surface area contributed by atoms with Crippen LogP contribution in [-0.2, 0) is 16.1 Å². The van der Waals surface area contributed by atoms with Crippen LogP contribution in [0.25, 0.3) is 5.57 Å². The van der Waals surface area contributed by atoms with E-state index >= 15 is 0 Å². The molecule has 29 heavy (non-hydrogen) atoms. The summed E-state index contributed by atoms with van der Waals surface area (Å²) < 4.78 is 16.8. The van der Waals surface area contributed by atoms with Crippen molar-refractivity contribution >= 4 is 11.7 Å². The number of aryl methyl sites for hydroxylation is 2. The van der Waals surface area contributed by atoms with Gasteiger partial charge in [0.05, 0.1) is 32.4 Å². The molecule has 4 rings (SSSR count). The molecule has 2 aromatic carbocycles. The molecule has 2 heterocycles. The van der Waals surface area contributed by atoms with E-state index < -0.39 is 0 Å². The van der Waals surface area contributed by atoms with E-state index in [0.29, 0.717) is 13.2 Å². The molecule has 1 fully saturated rings. The monoisotopic (exact) mass is 393 g/mol. The first-order chi connectivity index (χ1) is 14.1. The zero-order chi connectivity index (χ0) is 20.4. The highest BCUT2D eigenvalue weighted by molar-refractivity contribution is 5.75. The van der Waals surface area contributed by atoms with Crippen molar-refractivity contribution in [3.05, 3.63) is 70.8 Å². The van der Waals surface area contributed by atoms with E-state index in [9.17, 15) is 4.79 Å². The quantitative estimate of drug-likeness (QED) is 0.767. The summed E-state index contributed by atoms with van der Waals surface area (Å²) in [6.45, 7) is 5.44. The van der Waals surface area contributed by atoms with E-state index in [1.54, 1.807) is 7.11 Å². The Kier molecular flexibility index (Phi) is 5.58. The van der Waals surface area contributed by atoms with E-state index in [0.717, 1.165) is 28.9 Å². The van der Waals surface area contributed by atoms with Crippen molar-refractivity contribution in [3.63, 3.8) is 0 Å². The normalized spacial score (nSPS) is 20.8. The van der Waals surface area contributed by atoms with Gasteiger partial charge >= 0.3 is 6.09 Å². The largest absolute Gasteiger partial charge is 0.496 e. The van der Waals surface area contributed by atoms with Crippen LogP contribution in [0.2, 0.25) is 0 Å². The van der Waals surface area contributed by atoms with Crippen LogP contribution in [0.3, 0.4) is 0 Å². The van der Waals surface area contributed by atoms with Crippen LogP contribution in [0.4, 0.5) is 4.79 Å². The number of carbonyl (C=O) groups is 1. The topological polar surface area (TPSA) is 48.0 Å². The van der Waals surface area contributed by atoms with Crippen molar-refractivity contribution in [2.45, 2.75) is 39.0 Å². The van der Waals surface area contributed by atoms with E-state index in [2.05, 4.69) is 32.1 Å². The standard InChI is InChI=1S/C24H27NO4/c1-16-9-19(10-17(2)23(16)27-3)20-11-21-14-28-15-22(12-20)25(21)24(26)29-13-18-7-5-4-6-8-18/h4-11,21-22H,12-15H2,1-3H3. The number of nitrogens with zero attached hydrogens (tertiary/aromatic N) is 1. The number of ether oxygens (including phenoxy) is 3. The molecule has 2 atom stereocenters. The van der Waals surface area contributed by atoms with Crippen molar-refractivity contribution in [1.82, 2.24) is 4.90 Å². The van der Waals surface area contributed by atoms with Crippen molar-refractivity contribution in [2.75, 3.05) is 20.3 Å². The maximum absolute atomic E-state index is 12.8. The van der Waals surface area contributed by atoms with Gasteiger partial charge in [0.25, 0.3) is 0 Å². The lowest BCUT2D eigenvalue weighted by Crippen LogP contribution is -2.56. The molecular formula is C24H27NO4. The van der Waals surface area contributed by atoms with Gasteiger partial charge in [-0.1, -0.05) is 36.4 Å². The molecule has 2 aromatic rings. The number of fused-ring (bicyclic) bond motifs is 2. The van der Waals surface area contributed by atoms with E-state index in [1.807, 2.05) is 35.2 Å². The second kappa shape index (κ2) is 8.29. The van der Waals surface area contributed by atoms with Gasteiger partial charge in [0.2, 0.25) is 0 Å². The van der Waals surface area contributed by atoms with Crippen LogP contribution < -0.4 is 4.74 Å². The van der Waals surface area contributed by atoms with Crippen LogP contribution in [0, 0.1) is 13.8 Å². The Morgan fingerprint density at radius 3 is 2.52 bits per heavy atom. The highest BCUT2D eigenvalue weighted by Crippen LogP contribution is 2.35. The van der Waals surface area contributed by atoms with Gasteiger partial charge in [0, 0.05) is 0 Å². The van der Waals surface area contributed by atoms with Gasteiger partial charge in [-0.05, 0) is 60.2 Å². The number of hydrogen-bond acceptors (Lipinski definition) is 4. The van der Waals surface area contributed by atoms with Gasteiger partial charge in [-0.25, -0.2) is 4.79 Å². The molecule has 2 bridgehead atoms. The van der Waals surface area contributed by atoms with Crippen LogP contribution in [0.15, 0.2) is 48.5 Å². The molecule has 0 saturated carbocycles. The second-order valence-corrected chi connectivity index (χ2v) is 7.75. The summed E-state index contributed by atoms with van der Waals surface area (Å²) in [4.78, 5) is 14.7. The predicted molar refractivity (Wildman–Crippen MR) is 112 cm³/mol. The molecule has 5 heteroatoms. The lowest BCUT2D eigenvalue weighted by Gasteiger charge is -2.43. The molecule has 0 aliphatic carbocycles. The first-order valence-corrected chi connectivity index (χ1v) is 10.00. The molecule has 152 valence electrons. The zero-order valence-corrected chi connectivity index (χ0v) is 17.2. The van der Waals surface area contributed by atoms with E-state index in [-0.39, 0.29) is 24.8 Å². The average Bonchev–Trinajstić information content (AvgIpc) is 2.71. The van der Waals surface area contributed by atoms with Gasteiger partial charge in [-0.15, -0.1) is 0 Å². The molecule has 1 amide bonds. The summed E-state index contributed by atoms with van der Waals surface area (Å²) in [6.07, 6.45) is 2.63. The SMILES string of the molecule is COc1c(C)cc(C2=CC3COCC(C2)N3C(=O)OCc2ccccc2)cc1C. The molecular weight excluding hydrogens is 366 g/mol. The third kappa shape index (κ3) is 4.01. The van der Waals surface area contributed by atoms with Crippen LogP contribution in [0.1, 0.15) is 28.7 Å². The molecule has 0 N–H and O–H groups in total. The number of methoxy groups -OCH3 is 1. The van der Waals surface area contributed by atoms with Crippen LogP contribution in [0.5, 0.6) is 5.75 Å². The van der Waals surface area contributed by atoms with Gasteiger partial charge < -0.3 is 14.2 Å². The first kappa shape index (κ1) is 19.5. The first-order valence-electron chi connectivity index (χ1n) is 10.00. The van der Waals surface area contributed by atoms with Gasteiger partial charge in [0.1, 0.15) is 12.4 Å². The van der Waals surface area contributed by atoms with Gasteiger partial charge in [-0.3, -0.25) is 4.90 Å². The van der Waals surface area contributed by atoms with Gasteiger partial charge in [0.15, 0.2) is 0 Å². The zero-order valence-electron chi connectivity index (χ0n) is 17.2. The minimum absolute atomic E-state index is 0.0141. The fourth-order valence-electron chi connectivity index (χ4n) is 4.35. The lowest BCUT2D eigenvalue weighted by atomic mass is 9.88. The molecule has 0 radical (unpaired) electrons. The third-order valence-electron chi connectivity index (χ3n) is 5.65. The minimum Gasteiger partial charge on any atom is -0.496 e. The fourth-order valence-corrected chi connectivity index (χ4v) is 4.35. The second-order valence-electron chi connectivity index (χ2n) is 7.75.